The third-order valence-electron chi connectivity index (χ3n) is 2.13. The maximum atomic E-state index is 11.1. The molecule has 17 heavy (non-hydrogen) atoms. The molecule has 0 bridgehead atoms. The second kappa shape index (κ2) is 6.69. The number of hydrogen-bond donors (Lipinski definition) is 2. The van der Waals surface area contributed by atoms with Crippen LogP contribution in [0.25, 0.3) is 0 Å². The van der Waals surface area contributed by atoms with Crippen molar-refractivity contribution in [1.29, 1.82) is 0 Å². The molecular formula is C11H14Cl2N2O2. The summed E-state index contributed by atoms with van der Waals surface area (Å²) in [5.41, 5.74) is 6.29. The average Bonchev–Trinajstić information content (AvgIpc) is 2.27. The number of hydrogen-bond acceptors (Lipinski definition) is 3. The highest BCUT2D eigenvalue weighted by atomic mass is 35.5. The number of amides is 1. The van der Waals surface area contributed by atoms with Crippen LogP contribution < -0.4 is 15.8 Å². The van der Waals surface area contributed by atoms with Gasteiger partial charge in [-0.3, -0.25) is 4.79 Å². The van der Waals surface area contributed by atoms with Crippen LogP contribution in [0.15, 0.2) is 12.1 Å². The van der Waals surface area contributed by atoms with Crippen molar-refractivity contribution < 1.29 is 9.53 Å². The van der Waals surface area contributed by atoms with Crippen molar-refractivity contribution in [3.8, 4) is 5.75 Å². The largest absolute Gasteiger partial charge is 0.482 e. The molecule has 94 valence electrons. The van der Waals surface area contributed by atoms with Crippen LogP contribution in [-0.2, 0) is 11.2 Å². The van der Waals surface area contributed by atoms with Crippen molar-refractivity contribution in [2.75, 3.05) is 20.2 Å². The van der Waals surface area contributed by atoms with Gasteiger partial charge >= 0.3 is 0 Å². The Morgan fingerprint density at radius 1 is 1.47 bits per heavy atom. The summed E-state index contributed by atoms with van der Waals surface area (Å²) in [4.78, 5) is 11.1. The Labute approximate surface area is 110 Å². The van der Waals surface area contributed by atoms with Gasteiger partial charge in [0.05, 0.1) is 5.02 Å². The molecule has 0 aliphatic rings. The molecule has 1 rings (SSSR count). The molecule has 0 aliphatic heterocycles. The van der Waals surface area contributed by atoms with Gasteiger partial charge in [0.2, 0.25) is 0 Å². The summed E-state index contributed by atoms with van der Waals surface area (Å²) in [5, 5.41) is 3.36. The Balaban J connectivity index is 2.91. The fourth-order valence-electron chi connectivity index (χ4n) is 1.33. The molecule has 4 nitrogen and oxygen atoms in total. The van der Waals surface area contributed by atoms with Gasteiger partial charge in [-0.2, -0.15) is 0 Å². The zero-order valence-electron chi connectivity index (χ0n) is 9.43. The molecule has 0 radical (unpaired) electrons. The number of ether oxygens (including phenoxy) is 1. The van der Waals surface area contributed by atoms with Crippen LogP contribution in [0.5, 0.6) is 5.75 Å². The van der Waals surface area contributed by atoms with Gasteiger partial charge in [0.1, 0.15) is 5.75 Å². The van der Waals surface area contributed by atoms with Crippen LogP contribution in [0.1, 0.15) is 5.56 Å². The maximum absolute atomic E-state index is 11.1. The number of rotatable bonds is 5. The second-order valence-corrected chi connectivity index (χ2v) is 4.22. The first-order valence-electron chi connectivity index (χ1n) is 5.09. The summed E-state index contributed by atoms with van der Waals surface area (Å²) >= 11 is 11.9. The first-order valence-corrected chi connectivity index (χ1v) is 5.85. The highest BCUT2D eigenvalue weighted by Gasteiger charge is 2.11. The van der Waals surface area contributed by atoms with E-state index in [9.17, 15) is 4.79 Å². The van der Waals surface area contributed by atoms with Crippen molar-refractivity contribution in [3.05, 3.63) is 27.7 Å². The molecule has 0 aliphatic carbocycles. The van der Waals surface area contributed by atoms with E-state index in [1.807, 2.05) is 0 Å². The Morgan fingerprint density at radius 3 is 2.76 bits per heavy atom. The summed E-state index contributed by atoms with van der Waals surface area (Å²) in [6, 6.07) is 3.31. The zero-order chi connectivity index (χ0) is 12.8. The minimum absolute atomic E-state index is 0.0879. The van der Waals surface area contributed by atoms with Crippen molar-refractivity contribution >= 4 is 29.1 Å². The van der Waals surface area contributed by atoms with E-state index in [1.54, 1.807) is 12.1 Å². The summed E-state index contributed by atoms with van der Waals surface area (Å²) in [6.07, 6.45) is 0.587. The van der Waals surface area contributed by atoms with Crippen LogP contribution in [0.2, 0.25) is 10.0 Å². The van der Waals surface area contributed by atoms with E-state index in [0.29, 0.717) is 28.8 Å². The number of benzene rings is 1. The van der Waals surface area contributed by atoms with Crippen LogP contribution >= 0.6 is 23.2 Å². The molecule has 0 spiro atoms. The van der Waals surface area contributed by atoms with Crippen LogP contribution in [0.4, 0.5) is 0 Å². The predicted molar refractivity (Wildman–Crippen MR) is 68.8 cm³/mol. The number of carbonyl (C=O) groups excluding carboxylic acids is 1. The predicted octanol–water partition coefficient (Wildman–Crippen LogP) is 1.62. The zero-order valence-corrected chi connectivity index (χ0v) is 10.9. The molecule has 0 heterocycles. The van der Waals surface area contributed by atoms with Crippen molar-refractivity contribution in [3.63, 3.8) is 0 Å². The average molecular weight is 277 g/mol. The first-order chi connectivity index (χ1) is 8.08. The smallest absolute Gasteiger partial charge is 0.257 e. The molecule has 1 aromatic rings. The van der Waals surface area contributed by atoms with E-state index in [4.69, 9.17) is 33.7 Å². The lowest BCUT2D eigenvalue weighted by Gasteiger charge is -2.12. The third-order valence-corrected chi connectivity index (χ3v) is 2.62. The molecule has 1 aromatic carbocycles. The van der Waals surface area contributed by atoms with E-state index in [0.717, 1.165) is 5.56 Å². The number of nitrogens with one attached hydrogen (secondary N) is 1. The molecule has 0 saturated carbocycles. The molecule has 1 amide bonds. The van der Waals surface area contributed by atoms with E-state index in [-0.39, 0.29) is 12.5 Å². The van der Waals surface area contributed by atoms with E-state index in [1.165, 1.54) is 7.05 Å². The van der Waals surface area contributed by atoms with Gasteiger partial charge < -0.3 is 15.8 Å². The second-order valence-electron chi connectivity index (χ2n) is 3.38. The molecule has 6 heteroatoms. The van der Waals surface area contributed by atoms with Gasteiger partial charge in [-0.25, -0.2) is 0 Å². The number of likely N-dealkylation sites (N-methyl/N-ethyl adjacent to an activating group) is 1. The van der Waals surface area contributed by atoms with Gasteiger partial charge in [0.25, 0.3) is 5.91 Å². The first kappa shape index (κ1) is 14.1. The quantitative estimate of drug-likeness (QED) is 0.859. The lowest BCUT2D eigenvalue weighted by atomic mass is 10.1. The number of halogens is 2. The highest BCUT2D eigenvalue weighted by molar-refractivity contribution is 6.35. The Kier molecular flexibility index (Phi) is 5.55. The van der Waals surface area contributed by atoms with Gasteiger partial charge in [-0.15, -0.1) is 0 Å². The lowest BCUT2D eigenvalue weighted by Crippen LogP contribution is -2.25. The summed E-state index contributed by atoms with van der Waals surface area (Å²) < 4.78 is 5.37. The van der Waals surface area contributed by atoms with Crippen molar-refractivity contribution in [2.45, 2.75) is 6.42 Å². The van der Waals surface area contributed by atoms with Gasteiger partial charge in [-0.05, 0) is 30.7 Å². The minimum atomic E-state index is -0.227. The maximum Gasteiger partial charge on any atom is 0.257 e. The van der Waals surface area contributed by atoms with Crippen molar-refractivity contribution in [2.24, 2.45) is 5.73 Å². The summed E-state index contributed by atoms with van der Waals surface area (Å²) in [6.45, 7) is 0.364. The summed E-state index contributed by atoms with van der Waals surface area (Å²) in [5.74, 6) is 0.236. The molecule has 3 N–H and O–H groups in total. The topological polar surface area (TPSA) is 64.3 Å². The molecular weight excluding hydrogens is 263 g/mol. The van der Waals surface area contributed by atoms with E-state index >= 15 is 0 Å². The van der Waals surface area contributed by atoms with E-state index < -0.39 is 0 Å². The van der Waals surface area contributed by atoms with Gasteiger partial charge in [0.15, 0.2) is 6.61 Å². The van der Waals surface area contributed by atoms with E-state index in [2.05, 4.69) is 5.32 Å². The Morgan fingerprint density at radius 2 is 2.18 bits per heavy atom. The standard InChI is InChI=1S/C11H14Cl2N2O2/c1-15-10(16)6-17-11-7(2-3-14)4-8(12)5-9(11)13/h4-5H,2-3,6,14H2,1H3,(H,15,16). The fourth-order valence-corrected chi connectivity index (χ4v) is 1.92. The minimum Gasteiger partial charge on any atom is -0.482 e. The SMILES string of the molecule is CNC(=O)COc1c(Cl)cc(Cl)cc1CCN. The Bertz CT molecular complexity index is 411. The monoisotopic (exact) mass is 276 g/mol. The molecule has 0 atom stereocenters. The highest BCUT2D eigenvalue weighted by Crippen LogP contribution is 2.32. The fraction of sp³-hybridized carbons (Fsp3) is 0.364. The molecule has 0 unspecified atom stereocenters. The van der Waals surface area contributed by atoms with Crippen LogP contribution in [0, 0.1) is 0 Å². The number of nitrogens with two attached hydrogens (primary N) is 1. The van der Waals surface area contributed by atoms with Crippen LogP contribution in [-0.4, -0.2) is 26.1 Å². The molecule has 0 saturated heterocycles. The molecule has 0 fully saturated rings. The van der Waals surface area contributed by atoms with Crippen molar-refractivity contribution in [1.82, 2.24) is 5.32 Å². The molecule has 0 aromatic heterocycles. The third kappa shape index (κ3) is 4.07. The number of carbonyl (C=O) groups is 1. The normalized spacial score (nSPS) is 10.1. The lowest BCUT2D eigenvalue weighted by molar-refractivity contribution is -0.122. The van der Waals surface area contributed by atoms with Crippen LogP contribution in [0.3, 0.4) is 0 Å². The summed E-state index contributed by atoms with van der Waals surface area (Å²) in [7, 11) is 1.54. The van der Waals surface area contributed by atoms with Gasteiger partial charge in [0, 0.05) is 12.1 Å². The van der Waals surface area contributed by atoms with Gasteiger partial charge in [-0.1, -0.05) is 23.2 Å². The Hall–Kier alpha value is -0.970.